The molecule has 9 heteroatoms. The van der Waals surface area contributed by atoms with Crippen LogP contribution in [0.5, 0.6) is 11.5 Å². The fraction of sp³-hybridized carbons (Fsp3) is 0.185. The minimum atomic E-state index is -0.775. The molecular weight excluding hydrogens is 480 g/mol. The molecule has 8 nitrogen and oxygen atoms in total. The molecule has 3 aromatic rings. The van der Waals surface area contributed by atoms with Crippen LogP contribution in [0.4, 0.5) is 0 Å². The molecule has 0 spiro atoms. The van der Waals surface area contributed by atoms with Gasteiger partial charge in [0, 0.05) is 6.92 Å². The van der Waals surface area contributed by atoms with Crippen LogP contribution in [0.3, 0.4) is 0 Å². The van der Waals surface area contributed by atoms with E-state index in [9.17, 15) is 14.4 Å². The predicted octanol–water partition coefficient (Wildman–Crippen LogP) is 2.90. The molecule has 0 radical (unpaired) electrons. The van der Waals surface area contributed by atoms with Gasteiger partial charge in [-0.15, -0.1) is 0 Å². The third-order valence-corrected chi connectivity index (χ3v) is 6.43. The second-order valence-corrected chi connectivity index (χ2v) is 8.91. The Hall–Kier alpha value is -4.24. The summed E-state index contributed by atoms with van der Waals surface area (Å²) in [4.78, 5) is 43.0. The van der Waals surface area contributed by atoms with Crippen LogP contribution < -0.4 is 24.4 Å². The summed E-state index contributed by atoms with van der Waals surface area (Å²) >= 11 is 1.24. The van der Waals surface area contributed by atoms with E-state index in [1.165, 1.54) is 28.9 Å². The van der Waals surface area contributed by atoms with Gasteiger partial charge in [-0.25, -0.2) is 9.79 Å². The highest BCUT2D eigenvalue weighted by Crippen LogP contribution is 2.31. The molecule has 1 atom stereocenters. The molecule has 4 rings (SSSR count). The standard InChI is InChI=1S/C27H24N2O6S/c1-5-14-34-26(32)23-16(2)28-27-29(24(23)19-8-12-21(13-9-19)35-17(3)30)25(31)22(36-27)15-18-6-10-20(33-4)11-7-18/h5-13,15,24H,1,14H2,2-4H3/b22-15-/t24-/m1/s1. The summed E-state index contributed by atoms with van der Waals surface area (Å²) in [5.41, 5.74) is 1.88. The number of methoxy groups -OCH3 is 1. The quantitative estimate of drug-likeness (QED) is 0.279. The number of allylic oxidation sites excluding steroid dienone is 1. The molecule has 0 amide bonds. The zero-order chi connectivity index (χ0) is 25.8. The Morgan fingerprint density at radius 1 is 1.11 bits per heavy atom. The van der Waals surface area contributed by atoms with E-state index in [-0.39, 0.29) is 17.7 Å². The summed E-state index contributed by atoms with van der Waals surface area (Å²) in [5, 5.41) is 0. The largest absolute Gasteiger partial charge is 0.497 e. The lowest BCUT2D eigenvalue weighted by Gasteiger charge is -2.24. The first-order valence-electron chi connectivity index (χ1n) is 11.1. The SMILES string of the molecule is C=CCOC(=O)C1=C(C)N=c2s/c(=C\c3ccc(OC)cc3)c(=O)n2[C@@H]1c1ccc(OC(C)=O)cc1. The van der Waals surface area contributed by atoms with Crippen LogP contribution in [0, 0.1) is 0 Å². The average molecular weight is 505 g/mol. The summed E-state index contributed by atoms with van der Waals surface area (Å²) in [6, 6.07) is 13.2. The summed E-state index contributed by atoms with van der Waals surface area (Å²) in [6.07, 6.45) is 3.25. The Bertz CT molecular complexity index is 1530. The van der Waals surface area contributed by atoms with Gasteiger partial charge in [0.1, 0.15) is 18.1 Å². The van der Waals surface area contributed by atoms with Crippen LogP contribution in [0.15, 0.2) is 82.2 Å². The van der Waals surface area contributed by atoms with E-state index in [1.54, 1.807) is 44.4 Å². The Kier molecular flexibility index (Phi) is 7.30. The molecule has 0 fully saturated rings. The van der Waals surface area contributed by atoms with Crippen molar-refractivity contribution in [2.45, 2.75) is 19.9 Å². The average Bonchev–Trinajstić information content (AvgIpc) is 3.16. The van der Waals surface area contributed by atoms with Crippen molar-refractivity contribution in [1.29, 1.82) is 0 Å². The van der Waals surface area contributed by atoms with Crippen molar-refractivity contribution in [2.75, 3.05) is 13.7 Å². The molecule has 0 aliphatic carbocycles. The first kappa shape index (κ1) is 24.9. The number of aromatic nitrogens is 1. The van der Waals surface area contributed by atoms with Crippen LogP contribution in [-0.2, 0) is 14.3 Å². The molecular formula is C27H24N2O6S. The zero-order valence-corrected chi connectivity index (χ0v) is 20.8. The molecule has 0 saturated carbocycles. The number of ether oxygens (including phenoxy) is 3. The first-order chi connectivity index (χ1) is 17.3. The number of thiazole rings is 1. The maximum absolute atomic E-state index is 13.6. The minimum Gasteiger partial charge on any atom is -0.497 e. The van der Waals surface area contributed by atoms with Crippen LogP contribution >= 0.6 is 11.3 Å². The van der Waals surface area contributed by atoms with Crippen molar-refractivity contribution in [3.8, 4) is 11.5 Å². The molecule has 0 bridgehead atoms. The number of benzene rings is 2. The molecule has 1 aliphatic rings. The molecule has 0 unspecified atom stereocenters. The molecule has 0 N–H and O–H groups in total. The van der Waals surface area contributed by atoms with Gasteiger partial charge in [-0.2, -0.15) is 0 Å². The Morgan fingerprint density at radius 3 is 2.39 bits per heavy atom. The number of hydrogen-bond acceptors (Lipinski definition) is 8. The van der Waals surface area contributed by atoms with Gasteiger partial charge in [-0.1, -0.05) is 48.3 Å². The van der Waals surface area contributed by atoms with Gasteiger partial charge in [0.25, 0.3) is 5.56 Å². The van der Waals surface area contributed by atoms with Crippen molar-refractivity contribution in [3.63, 3.8) is 0 Å². The van der Waals surface area contributed by atoms with Gasteiger partial charge in [0.2, 0.25) is 0 Å². The van der Waals surface area contributed by atoms with E-state index in [0.29, 0.717) is 32.1 Å². The summed E-state index contributed by atoms with van der Waals surface area (Å²) < 4.78 is 17.6. The van der Waals surface area contributed by atoms with Gasteiger partial charge in [-0.3, -0.25) is 14.2 Å². The van der Waals surface area contributed by atoms with Crippen molar-refractivity contribution in [1.82, 2.24) is 4.57 Å². The Balaban J connectivity index is 1.87. The first-order valence-corrected chi connectivity index (χ1v) is 11.9. The molecule has 2 heterocycles. The maximum Gasteiger partial charge on any atom is 0.338 e. The molecule has 1 aliphatic heterocycles. The number of esters is 2. The number of rotatable bonds is 7. The molecule has 184 valence electrons. The van der Waals surface area contributed by atoms with Crippen LogP contribution in [0.25, 0.3) is 6.08 Å². The Morgan fingerprint density at radius 2 is 1.78 bits per heavy atom. The number of carbonyl (C=O) groups excluding carboxylic acids is 2. The number of nitrogens with zero attached hydrogens (tertiary/aromatic N) is 2. The van der Waals surface area contributed by atoms with Crippen LogP contribution in [-0.4, -0.2) is 30.2 Å². The van der Waals surface area contributed by atoms with E-state index in [1.807, 2.05) is 24.3 Å². The van der Waals surface area contributed by atoms with Crippen LogP contribution in [0.1, 0.15) is 31.0 Å². The van der Waals surface area contributed by atoms with Gasteiger partial charge in [0.05, 0.1) is 29.0 Å². The van der Waals surface area contributed by atoms with Crippen molar-refractivity contribution in [3.05, 3.63) is 103 Å². The lowest BCUT2D eigenvalue weighted by molar-refractivity contribution is -0.138. The van der Waals surface area contributed by atoms with E-state index >= 15 is 0 Å². The van der Waals surface area contributed by atoms with Gasteiger partial charge in [-0.05, 0) is 48.4 Å². The smallest absolute Gasteiger partial charge is 0.338 e. The zero-order valence-electron chi connectivity index (χ0n) is 20.0. The van der Waals surface area contributed by atoms with E-state index in [2.05, 4.69) is 11.6 Å². The fourth-order valence-electron chi connectivity index (χ4n) is 3.85. The van der Waals surface area contributed by atoms with Gasteiger partial charge in [0.15, 0.2) is 4.80 Å². The highest BCUT2D eigenvalue weighted by atomic mass is 32.1. The summed E-state index contributed by atoms with van der Waals surface area (Å²) in [5.74, 6) is 0.0344. The fourth-order valence-corrected chi connectivity index (χ4v) is 4.89. The molecule has 0 saturated heterocycles. The van der Waals surface area contributed by atoms with Gasteiger partial charge >= 0.3 is 11.9 Å². The molecule has 1 aromatic heterocycles. The topological polar surface area (TPSA) is 96.2 Å². The number of carbonyl (C=O) groups is 2. The number of hydrogen-bond donors (Lipinski definition) is 0. The lowest BCUT2D eigenvalue weighted by atomic mass is 9.96. The van der Waals surface area contributed by atoms with E-state index in [0.717, 1.165) is 5.56 Å². The normalized spacial score (nSPS) is 15.1. The van der Waals surface area contributed by atoms with Crippen molar-refractivity contribution < 1.29 is 23.8 Å². The minimum absolute atomic E-state index is 0.0234. The second-order valence-electron chi connectivity index (χ2n) is 7.90. The lowest BCUT2D eigenvalue weighted by Crippen LogP contribution is -2.39. The predicted molar refractivity (Wildman–Crippen MR) is 136 cm³/mol. The summed E-state index contributed by atoms with van der Waals surface area (Å²) in [7, 11) is 1.59. The van der Waals surface area contributed by atoms with E-state index in [4.69, 9.17) is 14.2 Å². The monoisotopic (exact) mass is 504 g/mol. The number of fused-ring (bicyclic) bond motifs is 1. The van der Waals surface area contributed by atoms with Crippen molar-refractivity contribution >= 4 is 29.4 Å². The molecule has 2 aromatic carbocycles. The Labute approximate surface area is 211 Å². The van der Waals surface area contributed by atoms with Crippen LogP contribution in [0.2, 0.25) is 0 Å². The highest BCUT2D eigenvalue weighted by molar-refractivity contribution is 7.07. The third kappa shape index (κ3) is 5.06. The second kappa shape index (κ2) is 10.6. The molecule has 36 heavy (non-hydrogen) atoms. The third-order valence-electron chi connectivity index (χ3n) is 5.44. The van der Waals surface area contributed by atoms with Gasteiger partial charge < -0.3 is 14.2 Å². The maximum atomic E-state index is 13.6. The highest BCUT2D eigenvalue weighted by Gasteiger charge is 2.33. The summed E-state index contributed by atoms with van der Waals surface area (Å²) in [6.45, 7) is 6.64. The van der Waals surface area contributed by atoms with E-state index < -0.39 is 18.0 Å². The van der Waals surface area contributed by atoms with Crippen molar-refractivity contribution in [2.24, 2.45) is 4.99 Å².